The lowest BCUT2D eigenvalue weighted by molar-refractivity contribution is -0.141. The van der Waals surface area contributed by atoms with Crippen LogP contribution >= 0.6 is 0 Å². The van der Waals surface area contributed by atoms with Crippen LogP contribution in [0.1, 0.15) is 32.4 Å². The summed E-state index contributed by atoms with van der Waals surface area (Å²) in [5.41, 5.74) is -0.978. The predicted octanol–water partition coefficient (Wildman–Crippen LogP) is 2.75. The second kappa shape index (κ2) is 8.02. The Hall–Kier alpha value is -1.57. The molecule has 1 unspecified atom stereocenters. The van der Waals surface area contributed by atoms with Crippen molar-refractivity contribution in [3.05, 3.63) is 11.8 Å². The number of nitrogens with zero attached hydrogens (tertiary/aromatic N) is 2. The molecular formula is C13H21F3N4O. The summed E-state index contributed by atoms with van der Waals surface area (Å²) >= 11 is 0. The molecule has 0 spiro atoms. The highest BCUT2D eigenvalue weighted by Gasteiger charge is 2.33. The summed E-state index contributed by atoms with van der Waals surface area (Å²) in [6.45, 7) is 4.77. The molecule has 21 heavy (non-hydrogen) atoms. The minimum atomic E-state index is -4.52. The van der Waals surface area contributed by atoms with E-state index in [1.165, 1.54) is 0 Å². The number of nitrogens with one attached hydrogen (secondary N) is 2. The predicted molar refractivity (Wildman–Crippen MR) is 75.2 cm³/mol. The number of hydrogen-bond acceptors (Lipinski definition) is 5. The van der Waals surface area contributed by atoms with Gasteiger partial charge in [-0.1, -0.05) is 13.8 Å². The van der Waals surface area contributed by atoms with Crippen LogP contribution in [-0.4, -0.2) is 34.8 Å². The van der Waals surface area contributed by atoms with Crippen molar-refractivity contribution in [1.82, 2.24) is 9.97 Å². The molecule has 0 amide bonds. The van der Waals surface area contributed by atoms with Crippen LogP contribution in [-0.2, 0) is 6.18 Å². The Labute approximate surface area is 122 Å². The number of alkyl halides is 3. The number of anilines is 2. The van der Waals surface area contributed by atoms with E-state index >= 15 is 0 Å². The number of rotatable bonds is 8. The molecule has 0 aliphatic heterocycles. The molecule has 1 rings (SSSR count). The fraction of sp³-hybridized carbons (Fsp3) is 0.692. The van der Waals surface area contributed by atoms with Gasteiger partial charge in [0.15, 0.2) is 5.69 Å². The first-order chi connectivity index (χ1) is 9.86. The Morgan fingerprint density at radius 1 is 1.29 bits per heavy atom. The summed E-state index contributed by atoms with van der Waals surface area (Å²) in [4.78, 5) is 7.50. The molecule has 0 aliphatic carbocycles. The lowest BCUT2D eigenvalue weighted by atomic mass is 10.1. The topological polar surface area (TPSA) is 70.1 Å². The van der Waals surface area contributed by atoms with E-state index in [2.05, 4.69) is 20.6 Å². The monoisotopic (exact) mass is 306 g/mol. The Morgan fingerprint density at radius 3 is 2.57 bits per heavy atom. The molecule has 120 valence electrons. The Balaban J connectivity index is 2.85. The van der Waals surface area contributed by atoms with Crippen molar-refractivity contribution in [1.29, 1.82) is 0 Å². The Kier molecular flexibility index (Phi) is 6.67. The van der Waals surface area contributed by atoms with Crippen molar-refractivity contribution in [2.24, 2.45) is 5.92 Å². The molecule has 0 aromatic carbocycles. The minimum absolute atomic E-state index is 0.0380. The largest absolute Gasteiger partial charge is 0.433 e. The number of aliphatic hydroxyl groups excluding tert-OH is 1. The van der Waals surface area contributed by atoms with Crippen LogP contribution in [0, 0.1) is 5.92 Å². The van der Waals surface area contributed by atoms with E-state index in [0.29, 0.717) is 19.5 Å². The molecule has 5 nitrogen and oxygen atoms in total. The zero-order valence-electron chi connectivity index (χ0n) is 12.2. The minimum Gasteiger partial charge on any atom is -0.396 e. The van der Waals surface area contributed by atoms with Gasteiger partial charge in [-0.15, -0.1) is 0 Å². The molecule has 1 atom stereocenters. The van der Waals surface area contributed by atoms with E-state index < -0.39 is 11.9 Å². The SMILES string of the molecule is CCCNc1nc(NCC(C)CCO)cc(C(F)(F)F)n1. The number of aromatic nitrogens is 2. The third-order valence-corrected chi connectivity index (χ3v) is 2.80. The van der Waals surface area contributed by atoms with Crippen molar-refractivity contribution in [3.63, 3.8) is 0 Å². The van der Waals surface area contributed by atoms with Gasteiger partial charge in [-0.05, 0) is 18.8 Å². The van der Waals surface area contributed by atoms with Crippen molar-refractivity contribution < 1.29 is 18.3 Å². The first kappa shape index (κ1) is 17.5. The number of hydrogen-bond donors (Lipinski definition) is 3. The quantitative estimate of drug-likeness (QED) is 0.689. The van der Waals surface area contributed by atoms with Gasteiger partial charge in [0.25, 0.3) is 0 Å². The molecule has 0 fully saturated rings. The molecule has 0 radical (unpaired) electrons. The van der Waals surface area contributed by atoms with Gasteiger partial charge in [0.05, 0.1) is 0 Å². The summed E-state index contributed by atoms with van der Waals surface area (Å²) < 4.78 is 38.4. The lowest BCUT2D eigenvalue weighted by Gasteiger charge is -2.14. The lowest BCUT2D eigenvalue weighted by Crippen LogP contribution is -2.17. The summed E-state index contributed by atoms with van der Waals surface area (Å²) in [6, 6.07) is 0.892. The maximum Gasteiger partial charge on any atom is 0.433 e. The van der Waals surface area contributed by atoms with E-state index in [1.54, 1.807) is 0 Å². The highest BCUT2D eigenvalue weighted by atomic mass is 19.4. The van der Waals surface area contributed by atoms with Crippen LogP contribution in [0.4, 0.5) is 24.9 Å². The van der Waals surface area contributed by atoms with E-state index in [0.717, 1.165) is 12.5 Å². The first-order valence-corrected chi connectivity index (χ1v) is 6.91. The van der Waals surface area contributed by atoms with Gasteiger partial charge in [0, 0.05) is 25.8 Å². The van der Waals surface area contributed by atoms with E-state index in [4.69, 9.17) is 5.11 Å². The smallest absolute Gasteiger partial charge is 0.396 e. The van der Waals surface area contributed by atoms with E-state index in [1.807, 2.05) is 13.8 Å². The van der Waals surface area contributed by atoms with Gasteiger partial charge in [0.2, 0.25) is 5.95 Å². The zero-order valence-corrected chi connectivity index (χ0v) is 12.2. The van der Waals surface area contributed by atoms with Crippen LogP contribution in [0.5, 0.6) is 0 Å². The second-order valence-electron chi connectivity index (χ2n) is 4.88. The van der Waals surface area contributed by atoms with Crippen LogP contribution in [0.15, 0.2) is 6.07 Å². The molecule has 1 heterocycles. The average molecular weight is 306 g/mol. The maximum absolute atomic E-state index is 12.8. The Bertz CT molecular complexity index is 440. The molecule has 8 heteroatoms. The zero-order chi connectivity index (χ0) is 15.9. The molecule has 0 saturated heterocycles. The molecule has 3 N–H and O–H groups in total. The van der Waals surface area contributed by atoms with Crippen molar-refractivity contribution in [2.75, 3.05) is 30.3 Å². The molecule has 0 saturated carbocycles. The fourth-order valence-electron chi connectivity index (χ4n) is 1.60. The standard InChI is InChI=1S/C13H21F3N4O/c1-3-5-17-12-19-10(13(14,15)16)7-11(20-12)18-8-9(2)4-6-21/h7,9,21H,3-6,8H2,1-2H3,(H2,17,18,19,20). The van der Waals surface area contributed by atoms with Gasteiger partial charge < -0.3 is 15.7 Å². The van der Waals surface area contributed by atoms with Crippen molar-refractivity contribution >= 4 is 11.8 Å². The maximum atomic E-state index is 12.8. The molecule has 0 aliphatic rings. The summed E-state index contributed by atoms with van der Waals surface area (Å²) in [7, 11) is 0. The van der Waals surface area contributed by atoms with Gasteiger partial charge in [0.1, 0.15) is 5.82 Å². The van der Waals surface area contributed by atoms with Gasteiger partial charge in [-0.25, -0.2) is 4.98 Å². The number of aliphatic hydroxyl groups is 1. The Morgan fingerprint density at radius 2 is 2.00 bits per heavy atom. The molecule has 1 aromatic heterocycles. The third kappa shape index (κ3) is 6.16. The molecule has 0 bridgehead atoms. The van der Waals surface area contributed by atoms with Gasteiger partial charge in [-0.2, -0.15) is 18.2 Å². The van der Waals surface area contributed by atoms with Crippen LogP contribution < -0.4 is 10.6 Å². The average Bonchev–Trinajstić information content (AvgIpc) is 2.42. The van der Waals surface area contributed by atoms with Crippen molar-refractivity contribution in [2.45, 2.75) is 32.9 Å². The fourth-order valence-corrected chi connectivity index (χ4v) is 1.60. The number of halogens is 3. The van der Waals surface area contributed by atoms with E-state index in [-0.39, 0.29) is 24.3 Å². The summed E-state index contributed by atoms with van der Waals surface area (Å²) in [5.74, 6) is 0.219. The summed E-state index contributed by atoms with van der Waals surface area (Å²) in [6.07, 6.45) is -3.18. The molecular weight excluding hydrogens is 285 g/mol. The van der Waals surface area contributed by atoms with Gasteiger partial charge in [-0.3, -0.25) is 0 Å². The van der Waals surface area contributed by atoms with Crippen LogP contribution in [0.2, 0.25) is 0 Å². The first-order valence-electron chi connectivity index (χ1n) is 6.91. The van der Waals surface area contributed by atoms with Crippen molar-refractivity contribution in [3.8, 4) is 0 Å². The van der Waals surface area contributed by atoms with E-state index in [9.17, 15) is 13.2 Å². The second-order valence-corrected chi connectivity index (χ2v) is 4.88. The third-order valence-electron chi connectivity index (χ3n) is 2.80. The summed E-state index contributed by atoms with van der Waals surface area (Å²) in [5, 5.41) is 14.4. The normalized spacial score (nSPS) is 13.0. The van der Waals surface area contributed by atoms with Crippen LogP contribution in [0.25, 0.3) is 0 Å². The van der Waals surface area contributed by atoms with Gasteiger partial charge >= 0.3 is 6.18 Å². The highest BCUT2D eigenvalue weighted by molar-refractivity contribution is 5.43. The highest BCUT2D eigenvalue weighted by Crippen LogP contribution is 2.29. The van der Waals surface area contributed by atoms with Crippen LogP contribution in [0.3, 0.4) is 0 Å². The molecule has 1 aromatic rings.